The molecule has 0 aliphatic heterocycles. The number of methoxy groups -OCH3 is 2. The van der Waals surface area contributed by atoms with Crippen LogP contribution < -0.4 is 20.1 Å². The van der Waals surface area contributed by atoms with Crippen molar-refractivity contribution in [2.45, 2.75) is 6.92 Å². The van der Waals surface area contributed by atoms with Crippen molar-refractivity contribution in [3.05, 3.63) is 36.4 Å². The Labute approximate surface area is 118 Å². The van der Waals surface area contributed by atoms with Gasteiger partial charge in [-0.05, 0) is 31.2 Å². The molecular formula is C15H19N3O2. The summed E-state index contributed by atoms with van der Waals surface area (Å²) in [5.74, 6) is 3.08. The Morgan fingerprint density at radius 3 is 2.55 bits per heavy atom. The van der Waals surface area contributed by atoms with E-state index in [-0.39, 0.29) is 0 Å². The minimum absolute atomic E-state index is 0.737. The highest BCUT2D eigenvalue weighted by Gasteiger charge is 2.06. The maximum atomic E-state index is 5.33. The number of rotatable bonds is 6. The van der Waals surface area contributed by atoms with Crippen molar-refractivity contribution in [1.29, 1.82) is 0 Å². The van der Waals surface area contributed by atoms with Gasteiger partial charge >= 0.3 is 0 Å². The van der Waals surface area contributed by atoms with Gasteiger partial charge in [0, 0.05) is 12.6 Å². The quantitative estimate of drug-likeness (QED) is 0.846. The number of hydrogen-bond acceptors (Lipinski definition) is 5. The second-order valence-electron chi connectivity index (χ2n) is 4.13. The number of pyridine rings is 1. The van der Waals surface area contributed by atoms with E-state index < -0.39 is 0 Å². The van der Waals surface area contributed by atoms with Crippen molar-refractivity contribution < 1.29 is 9.47 Å². The van der Waals surface area contributed by atoms with Gasteiger partial charge in [0.25, 0.3) is 0 Å². The van der Waals surface area contributed by atoms with Gasteiger partial charge in [-0.2, -0.15) is 0 Å². The summed E-state index contributed by atoms with van der Waals surface area (Å²) in [6.45, 7) is 2.87. The van der Waals surface area contributed by atoms with Gasteiger partial charge in [0.1, 0.15) is 23.1 Å². The number of hydrogen-bond donors (Lipinski definition) is 2. The third-order valence-corrected chi connectivity index (χ3v) is 2.78. The molecule has 5 heteroatoms. The standard InChI is InChI=1S/C15H19N3O2/c1-4-16-14-6-5-7-15(18-14)17-12-10-11(19-2)8-9-13(12)20-3/h5-10H,4H2,1-3H3,(H2,16,17,18). The zero-order valence-electron chi connectivity index (χ0n) is 11.9. The number of nitrogens with zero attached hydrogens (tertiary/aromatic N) is 1. The molecule has 2 N–H and O–H groups in total. The molecule has 5 nitrogen and oxygen atoms in total. The first-order valence-electron chi connectivity index (χ1n) is 6.46. The number of ether oxygens (including phenoxy) is 2. The van der Waals surface area contributed by atoms with Gasteiger partial charge in [-0.25, -0.2) is 4.98 Å². The lowest BCUT2D eigenvalue weighted by Gasteiger charge is -2.13. The molecule has 0 fully saturated rings. The van der Waals surface area contributed by atoms with Crippen LogP contribution in [0.5, 0.6) is 11.5 Å². The molecule has 2 rings (SSSR count). The highest BCUT2D eigenvalue weighted by molar-refractivity contribution is 5.67. The molecule has 2 aromatic rings. The summed E-state index contributed by atoms with van der Waals surface area (Å²) >= 11 is 0. The van der Waals surface area contributed by atoms with E-state index in [1.54, 1.807) is 14.2 Å². The third kappa shape index (κ3) is 3.32. The number of aromatic nitrogens is 1. The van der Waals surface area contributed by atoms with Gasteiger partial charge in [0.05, 0.1) is 19.9 Å². The van der Waals surface area contributed by atoms with Crippen LogP contribution in [-0.4, -0.2) is 25.7 Å². The smallest absolute Gasteiger partial charge is 0.142 e. The lowest BCUT2D eigenvalue weighted by Crippen LogP contribution is -2.02. The van der Waals surface area contributed by atoms with E-state index in [2.05, 4.69) is 15.6 Å². The molecule has 106 valence electrons. The lowest BCUT2D eigenvalue weighted by molar-refractivity contribution is 0.405. The van der Waals surface area contributed by atoms with Crippen LogP contribution in [0.3, 0.4) is 0 Å². The first-order chi connectivity index (χ1) is 9.76. The van der Waals surface area contributed by atoms with Crippen LogP contribution in [0, 0.1) is 0 Å². The van der Waals surface area contributed by atoms with Crippen molar-refractivity contribution in [1.82, 2.24) is 4.98 Å². The second kappa shape index (κ2) is 6.65. The Morgan fingerprint density at radius 1 is 1.05 bits per heavy atom. The molecule has 0 spiro atoms. The van der Waals surface area contributed by atoms with Gasteiger partial charge in [-0.1, -0.05) is 6.07 Å². The normalized spacial score (nSPS) is 9.95. The van der Waals surface area contributed by atoms with Crippen LogP contribution in [0.1, 0.15) is 6.92 Å². The van der Waals surface area contributed by atoms with Crippen LogP contribution in [-0.2, 0) is 0 Å². The minimum atomic E-state index is 0.737. The van der Waals surface area contributed by atoms with E-state index in [4.69, 9.17) is 9.47 Å². The molecule has 0 aliphatic rings. The summed E-state index contributed by atoms with van der Waals surface area (Å²) in [6, 6.07) is 11.4. The Morgan fingerprint density at radius 2 is 1.85 bits per heavy atom. The van der Waals surface area contributed by atoms with Crippen molar-refractivity contribution in [2.24, 2.45) is 0 Å². The molecule has 1 aromatic carbocycles. The Hall–Kier alpha value is -2.43. The molecule has 0 atom stereocenters. The van der Waals surface area contributed by atoms with Crippen LogP contribution in [0.2, 0.25) is 0 Å². The van der Waals surface area contributed by atoms with Crippen molar-refractivity contribution in [2.75, 3.05) is 31.4 Å². The van der Waals surface area contributed by atoms with Gasteiger partial charge in [0.2, 0.25) is 0 Å². The largest absolute Gasteiger partial charge is 0.497 e. The highest BCUT2D eigenvalue weighted by atomic mass is 16.5. The minimum Gasteiger partial charge on any atom is -0.497 e. The number of nitrogens with one attached hydrogen (secondary N) is 2. The Kier molecular flexibility index (Phi) is 4.65. The predicted octanol–water partition coefficient (Wildman–Crippen LogP) is 3.27. The summed E-state index contributed by atoms with van der Waals surface area (Å²) in [5.41, 5.74) is 0.813. The van der Waals surface area contributed by atoms with Crippen molar-refractivity contribution in [3.8, 4) is 11.5 Å². The fourth-order valence-corrected chi connectivity index (χ4v) is 1.83. The molecule has 0 aliphatic carbocycles. The molecule has 1 aromatic heterocycles. The summed E-state index contributed by atoms with van der Waals surface area (Å²) in [7, 11) is 3.27. The molecule has 0 radical (unpaired) electrons. The second-order valence-corrected chi connectivity index (χ2v) is 4.13. The van der Waals surface area contributed by atoms with Crippen LogP contribution in [0.15, 0.2) is 36.4 Å². The summed E-state index contributed by atoms with van der Waals surface area (Å²) in [4.78, 5) is 4.47. The highest BCUT2D eigenvalue weighted by Crippen LogP contribution is 2.31. The Bertz CT molecular complexity index is 573. The molecule has 0 amide bonds. The van der Waals surface area contributed by atoms with Crippen molar-refractivity contribution >= 4 is 17.3 Å². The lowest BCUT2D eigenvalue weighted by atomic mass is 10.2. The average molecular weight is 273 g/mol. The number of anilines is 3. The van der Waals surface area contributed by atoms with E-state index in [1.807, 2.05) is 43.3 Å². The first kappa shape index (κ1) is 14.0. The molecular weight excluding hydrogens is 254 g/mol. The third-order valence-electron chi connectivity index (χ3n) is 2.78. The van der Waals surface area contributed by atoms with E-state index in [0.717, 1.165) is 35.4 Å². The molecule has 0 unspecified atom stereocenters. The van der Waals surface area contributed by atoms with Gasteiger partial charge < -0.3 is 20.1 Å². The molecule has 20 heavy (non-hydrogen) atoms. The molecule has 0 saturated carbocycles. The Balaban J connectivity index is 2.26. The van der Waals surface area contributed by atoms with Crippen LogP contribution >= 0.6 is 0 Å². The number of benzene rings is 1. The van der Waals surface area contributed by atoms with E-state index in [0.29, 0.717) is 0 Å². The van der Waals surface area contributed by atoms with E-state index >= 15 is 0 Å². The SMILES string of the molecule is CCNc1cccc(Nc2cc(OC)ccc2OC)n1. The summed E-state index contributed by atoms with van der Waals surface area (Å²) in [5, 5.41) is 6.42. The maximum absolute atomic E-state index is 5.33. The molecule has 0 saturated heterocycles. The monoisotopic (exact) mass is 273 g/mol. The van der Waals surface area contributed by atoms with Crippen molar-refractivity contribution in [3.63, 3.8) is 0 Å². The zero-order valence-corrected chi connectivity index (χ0v) is 11.9. The average Bonchev–Trinajstić information content (AvgIpc) is 2.48. The first-order valence-corrected chi connectivity index (χ1v) is 6.46. The summed E-state index contributed by atoms with van der Waals surface area (Å²) < 4.78 is 10.6. The zero-order chi connectivity index (χ0) is 14.4. The van der Waals surface area contributed by atoms with E-state index in [9.17, 15) is 0 Å². The molecule has 1 heterocycles. The predicted molar refractivity (Wildman–Crippen MR) is 81.2 cm³/mol. The fraction of sp³-hybridized carbons (Fsp3) is 0.267. The van der Waals surface area contributed by atoms with Gasteiger partial charge in [0.15, 0.2) is 0 Å². The fourth-order valence-electron chi connectivity index (χ4n) is 1.83. The summed E-state index contributed by atoms with van der Waals surface area (Å²) in [6.07, 6.45) is 0. The topological polar surface area (TPSA) is 55.4 Å². The van der Waals surface area contributed by atoms with Gasteiger partial charge in [-0.15, -0.1) is 0 Å². The van der Waals surface area contributed by atoms with Crippen LogP contribution in [0.25, 0.3) is 0 Å². The van der Waals surface area contributed by atoms with E-state index in [1.165, 1.54) is 0 Å². The van der Waals surface area contributed by atoms with Gasteiger partial charge in [-0.3, -0.25) is 0 Å². The molecule has 0 bridgehead atoms. The van der Waals surface area contributed by atoms with Crippen LogP contribution in [0.4, 0.5) is 17.3 Å². The maximum Gasteiger partial charge on any atom is 0.142 e.